The first-order chi connectivity index (χ1) is 12.1. The summed E-state index contributed by atoms with van der Waals surface area (Å²) in [5.74, 6) is -0.156. The molecule has 0 spiro atoms. The first-order valence-electron chi connectivity index (χ1n) is 9.05. The molecule has 1 fully saturated rings. The van der Waals surface area contributed by atoms with E-state index in [1.165, 1.54) is 26.4 Å². The molecule has 1 amide bonds. The molecule has 1 heterocycles. The lowest BCUT2D eigenvalue weighted by Gasteiger charge is -2.25. The number of fused-ring (bicyclic) bond motifs is 1. The lowest BCUT2D eigenvalue weighted by molar-refractivity contribution is -0.143. The van der Waals surface area contributed by atoms with E-state index in [2.05, 4.69) is 10.3 Å². The van der Waals surface area contributed by atoms with E-state index in [4.69, 9.17) is 4.74 Å². The Morgan fingerprint density at radius 1 is 1.28 bits per heavy atom. The van der Waals surface area contributed by atoms with Gasteiger partial charge in [-0.05, 0) is 37.0 Å². The summed E-state index contributed by atoms with van der Waals surface area (Å²) in [5, 5.41) is 3.89. The SMILES string of the molecule is COC(=O)[C@H](CC1CCCCC1)NC(=O)c1cc2c(C)cccc2[nH]1. The van der Waals surface area contributed by atoms with E-state index in [9.17, 15) is 9.59 Å². The van der Waals surface area contributed by atoms with Crippen molar-refractivity contribution in [2.75, 3.05) is 7.11 Å². The van der Waals surface area contributed by atoms with Gasteiger partial charge in [-0.3, -0.25) is 4.79 Å². The molecule has 1 atom stereocenters. The van der Waals surface area contributed by atoms with E-state index < -0.39 is 6.04 Å². The van der Waals surface area contributed by atoms with Crippen LogP contribution in [0, 0.1) is 12.8 Å². The average Bonchev–Trinajstić information content (AvgIpc) is 3.07. The number of amides is 1. The molecule has 1 aromatic heterocycles. The maximum atomic E-state index is 12.6. The Kier molecular flexibility index (Phi) is 5.41. The third-order valence-electron chi connectivity index (χ3n) is 5.21. The fourth-order valence-electron chi connectivity index (χ4n) is 3.78. The van der Waals surface area contributed by atoms with Crippen LogP contribution >= 0.6 is 0 Å². The van der Waals surface area contributed by atoms with Gasteiger partial charge in [0.1, 0.15) is 11.7 Å². The standard InChI is InChI=1S/C20H26N2O3/c1-13-7-6-10-16-15(13)12-17(21-16)19(23)22-18(20(24)25-2)11-14-8-4-3-5-9-14/h6-7,10,12,14,18,21H,3-5,8-9,11H2,1-2H3,(H,22,23)/t18-/m0/s1. The predicted molar refractivity (Wildman–Crippen MR) is 97.5 cm³/mol. The second-order valence-electron chi connectivity index (χ2n) is 7.01. The molecule has 1 saturated carbocycles. The van der Waals surface area contributed by atoms with Gasteiger partial charge in [0.05, 0.1) is 7.11 Å². The topological polar surface area (TPSA) is 71.2 Å². The molecule has 3 rings (SSSR count). The normalized spacial score (nSPS) is 16.6. The first-order valence-corrected chi connectivity index (χ1v) is 9.05. The second-order valence-corrected chi connectivity index (χ2v) is 7.01. The Bertz CT molecular complexity index is 759. The zero-order valence-electron chi connectivity index (χ0n) is 14.9. The number of nitrogens with one attached hydrogen (secondary N) is 2. The van der Waals surface area contributed by atoms with Crippen molar-refractivity contribution < 1.29 is 14.3 Å². The van der Waals surface area contributed by atoms with Gasteiger partial charge in [-0.1, -0.05) is 44.2 Å². The summed E-state index contributed by atoms with van der Waals surface area (Å²) in [6.45, 7) is 2.01. The fourth-order valence-corrected chi connectivity index (χ4v) is 3.78. The average molecular weight is 342 g/mol. The minimum Gasteiger partial charge on any atom is -0.467 e. The summed E-state index contributed by atoms with van der Waals surface area (Å²) in [5.41, 5.74) is 2.51. The van der Waals surface area contributed by atoms with Gasteiger partial charge in [-0.15, -0.1) is 0 Å². The summed E-state index contributed by atoms with van der Waals surface area (Å²) in [6, 6.07) is 7.16. The number of methoxy groups -OCH3 is 1. The number of aryl methyl sites for hydroxylation is 1. The van der Waals surface area contributed by atoms with Gasteiger partial charge in [0.25, 0.3) is 5.91 Å². The van der Waals surface area contributed by atoms with E-state index in [1.807, 2.05) is 31.2 Å². The summed E-state index contributed by atoms with van der Waals surface area (Å²) in [4.78, 5) is 27.9. The molecule has 5 heteroatoms. The number of H-pyrrole nitrogens is 1. The number of aromatic nitrogens is 1. The maximum Gasteiger partial charge on any atom is 0.328 e. The number of benzene rings is 1. The number of hydrogen-bond donors (Lipinski definition) is 2. The predicted octanol–water partition coefficient (Wildman–Crippen LogP) is 3.72. The fraction of sp³-hybridized carbons (Fsp3) is 0.500. The van der Waals surface area contributed by atoms with Crippen molar-refractivity contribution in [3.63, 3.8) is 0 Å². The molecule has 1 aliphatic carbocycles. The molecule has 1 aromatic carbocycles. The van der Waals surface area contributed by atoms with Gasteiger partial charge in [-0.25, -0.2) is 4.79 Å². The molecular weight excluding hydrogens is 316 g/mol. The van der Waals surface area contributed by atoms with Crippen LogP contribution in [0.15, 0.2) is 24.3 Å². The summed E-state index contributed by atoms with van der Waals surface area (Å²) >= 11 is 0. The quantitative estimate of drug-likeness (QED) is 0.814. The Morgan fingerprint density at radius 3 is 2.72 bits per heavy atom. The molecule has 134 valence electrons. The van der Waals surface area contributed by atoms with Crippen LogP contribution in [0.3, 0.4) is 0 Å². The van der Waals surface area contributed by atoms with Crippen LogP contribution in [0.2, 0.25) is 0 Å². The van der Waals surface area contributed by atoms with Crippen LogP contribution < -0.4 is 5.32 Å². The van der Waals surface area contributed by atoms with Crippen molar-refractivity contribution in [3.05, 3.63) is 35.5 Å². The van der Waals surface area contributed by atoms with Gasteiger partial charge < -0.3 is 15.0 Å². The van der Waals surface area contributed by atoms with Gasteiger partial charge >= 0.3 is 5.97 Å². The number of carbonyl (C=O) groups is 2. The van der Waals surface area contributed by atoms with Crippen LogP contribution in [0.4, 0.5) is 0 Å². The number of aromatic amines is 1. The molecule has 0 aliphatic heterocycles. The van der Waals surface area contributed by atoms with Crippen LogP contribution in [-0.4, -0.2) is 30.0 Å². The zero-order chi connectivity index (χ0) is 17.8. The van der Waals surface area contributed by atoms with Crippen molar-refractivity contribution in [2.24, 2.45) is 5.92 Å². The second kappa shape index (κ2) is 7.72. The molecule has 5 nitrogen and oxygen atoms in total. The molecule has 0 radical (unpaired) electrons. The minimum absolute atomic E-state index is 0.262. The number of carbonyl (C=O) groups excluding carboxylic acids is 2. The molecule has 1 aliphatic rings. The molecular formula is C20H26N2O3. The minimum atomic E-state index is -0.590. The van der Waals surface area contributed by atoms with Crippen LogP contribution in [0.25, 0.3) is 10.9 Å². The lowest BCUT2D eigenvalue weighted by Crippen LogP contribution is -2.43. The Labute approximate surface area is 148 Å². The van der Waals surface area contributed by atoms with Gasteiger partial charge in [0, 0.05) is 10.9 Å². The van der Waals surface area contributed by atoms with E-state index in [-0.39, 0.29) is 11.9 Å². The largest absolute Gasteiger partial charge is 0.467 e. The van der Waals surface area contributed by atoms with Crippen molar-refractivity contribution >= 4 is 22.8 Å². The highest BCUT2D eigenvalue weighted by atomic mass is 16.5. The lowest BCUT2D eigenvalue weighted by atomic mass is 9.85. The van der Waals surface area contributed by atoms with Crippen LogP contribution in [0.5, 0.6) is 0 Å². The third kappa shape index (κ3) is 4.03. The monoisotopic (exact) mass is 342 g/mol. The first kappa shape index (κ1) is 17.5. The van der Waals surface area contributed by atoms with Crippen LogP contribution in [0.1, 0.15) is 54.6 Å². The van der Waals surface area contributed by atoms with Crippen molar-refractivity contribution in [1.29, 1.82) is 0 Å². The Balaban J connectivity index is 1.74. The number of rotatable bonds is 5. The van der Waals surface area contributed by atoms with E-state index >= 15 is 0 Å². The highest BCUT2D eigenvalue weighted by molar-refractivity contribution is 6.00. The van der Waals surface area contributed by atoms with E-state index in [0.717, 1.165) is 29.3 Å². The summed E-state index contributed by atoms with van der Waals surface area (Å²) in [7, 11) is 1.37. The van der Waals surface area contributed by atoms with Gasteiger partial charge in [0.2, 0.25) is 0 Å². The van der Waals surface area contributed by atoms with Crippen molar-refractivity contribution in [1.82, 2.24) is 10.3 Å². The summed E-state index contributed by atoms with van der Waals surface area (Å²) < 4.78 is 4.90. The zero-order valence-corrected chi connectivity index (χ0v) is 14.9. The number of hydrogen-bond acceptors (Lipinski definition) is 3. The van der Waals surface area contributed by atoms with Crippen molar-refractivity contribution in [2.45, 2.75) is 51.5 Å². The summed E-state index contributed by atoms with van der Waals surface area (Å²) in [6.07, 6.45) is 6.56. The Morgan fingerprint density at radius 2 is 2.04 bits per heavy atom. The van der Waals surface area contributed by atoms with Crippen molar-refractivity contribution in [3.8, 4) is 0 Å². The molecule has 2 aromatic rings. The smallest absolute Gasteiger partial charge is 0.328 e. The Hall–Kier alpha value is -2.30. The van der Waals surface area contributed by atoms with Gasteiger partial charge in [0.15, 0.2) is 0 Å². The molecule has 0 unspecified atom stereocenters. The highest BCUT2D eigenvalue weighted by Gasteiger charge is 2.27. The molecule has 2 N–H and O–H groups in total. The molecule has 0 bridgehead atoms. The molecule has 0 saturated heterocycles. The number of ether oxygens (including phenoxy) is 1. The van der Waals surface area contributed by atoms with Crippen LogP contribution in [-0.2, 0) is 9.53 Å². The third-order valence-corrected chi connectivity index (χ3v) is 5.21. The maximum absolute atomic E-state index is 12.6. The van der Waals surface area contributed by atoms with E-state index in [1.54, 1.807) is 0 Å². The van der Waals surface area contributed by atoms with E-state index in [0.29, 0.717) is 18.0 Å². The number of esters is 1. The molecule has 25 heavy (non-hydrogen) atoms. The highest BCUT2D eigenvalue weighted by Crippen LogP contribution is 2.28. The van der Waals surface area contributed by atoms with Gasteiger partial charge in [-0.2, -0.15) is 0 Å².